The molecule has 3 nitrogen and oxygen atoms in total. The van der Waals surface area contributed by atoms with E-state index < -0.39 is 0 Å². The second-order valence-electron chi connectivity index (χ2n) is 6.85. The Balaban J connectivity index is 2.84. The fourth-order valence-corrected chi connectivity index (χ4v) is 2.74. The molecule has 106 valence electrons. The molecule has 0 aliphatic heterocycles. The van der Waals surface area contributed by atoms with Crippen molar-refractivity contribution in [3.8, 4) is 0 Å². The molecule has 0 saturated heterocycles. The molecule has 3 N–H and O–H groups in total. The molecular formula is C15H23ClN2O. The summed E-state index contributed by atoms with van der Waals surface area (Å²) in [5.41, 5.74) is 6.54. The summed E-state index contributed by atoms with van der Waals surface area (Å²) in [6.45, 7) is 10.5. The van der Waals surface area contributed by atoms with Gasteiger partial charge in [0.1, 0.15) is 0 Å². The predicted molar refractivity (Wildman–Crippen MR) is 81.5 cm³/mol. The van der Waals surface area contributed by atoms with Crippen LogP contribution in [-0.2, 0) is 0 Å². The number of nitrogen functional groups attached to an aromatic ring is 1. The van der Waals surface area contributed by atoms with Crippen LogP contribution in [0.2, 0.25) is 5.02 Å². The third-order valence-electron chi connectivity index (χ3n) is 2.61. The van der Waals surface area contributed by atoms with E-state index in [1.807, 2.05) is 13.8 Å². The molecule has 1 aromatic rings. The van der Waals surface area contributed by atoms with E-state index in [4.69, 9.17) is 17.3 Å². The molecule has 0 radical (unpaired) electrons. The van der Waals surface area contributed by atoms with Crippen molar-refractivity contribution in [1.29, 1.82) is 0 Å². The Bertz CT molecular complexity index is 455. The smallest absolute Gasteiger partial charge is 0.251 e. The average molecular weight is 283 g/mol. The van der Waals surface area contributed by atoms with Gasteiger partial charge in [0.15, 0.2) is 0 Å². The third kappa shape index (κ3) is 5.52. The number of anilines is 1. The number of carbonyl (C=O) groups is 1. The highest BCUT2D eigenvalue weighted by Crippen LogP contribution is 2.27. The summed E-state index contributed by atoms with van der Waals surface area (Å²) in [5, 5.41) is 3.50. The van der Waals surface area contributed by atoms with Gasteiger partial charge in [-0.2, -0.15) is 0 Å². The summed E-state index contributed by atoms with van der Waals surface area (Å²) in [4.78, 5) is 12.2. The van der Waals surface area contributed by atoms with Gasteiger partial charge >= 0.3 is 0 Å². The van der Waals surface area contributed by atoms with Gasteiger partial charge in [-0.3, -0.25) is 4.79 Å². The van der Waals surface area contributed by atoms with Crippen LogP contribution in [0.1, 0.15) is 51.4 Å². The lowest BCUT2D eigenvalue weighted by Crippen LogP contribution is -2.45. The van der Waals surface area contributed by atoms with Crippen LogP contribution >= 0.6 is 11.6 Å². The van der Waals surface area contributed by atoms with E-state index in [1.165, 1.54) is 0 Å². The van der Waals surface area contributed by atoms with Crippen molar-refractivity contribution in [2.45, 2.75) is 46.6 Å². The van der Waals surface area contributed by atoms with Crippen LogP contribution in [0.3, 0.4) is 0 Å². The Labute approximate surface area is 120 Å². The van der Waals surface area contributed by atoms with Gasteiger partial charge in [-0.05, 0) is 43.9 Å². The Hall–Kier alpha value is -1.22. The number of nitrogens with two attached hydrogens (primary N) is 1. The normalized spacial score (nSPS) is 12.3. The van der Waals surface area contributed by atoms with Crippen molar-refractivity contribution in [2.24, 2.45) is 5.41 Å². The maximum absolute atomic E-state index is 12.2. The number of nitrogens with one attached hydrogen (secondary N) is 1. The third-order valence-corrected chi connectivity index (χ3v) is 2.82. The van der Waals surface area contributed by atoms with Gasteiger partial charge in [-0.1, -0.05) is 32.4 Å². The van der Waals surface area contributed by atoms with Crippen LogP contribution < -0.4 is 11.1 Å². The molecule has 0 aromatic heterocycles. The summed E-state index contributed by atoms with van der Waals surface area (Å²) >= 11 is 5.91. The van der Waals surface area contributed by atoms with Crippen molar-refractivity contribution >= 4 is 23.2 Å². The summed E-state index contributed by atoms with van der Waals surface area (Å²) in [5.74, 6) is -0.150. The Morgan fingerprint density at radius 3 is 2.26 bits per heavy atom. The van der Waals surface area contributed by atoms with E-state index in [2.05, 4.69) is 26.1 Å². The van der Waals surface area contributed by atoms with Crippen LogP contribution in [0.4, 0.5) is 5.69 Å². The second-order valence-corrected chi connectivity index (χ2v) is 7.29. The number of carbonyl (C=O) groups excluding carboxylic acids is 1. The summed E-state index contributed by atoms with van der Waals surface area (Å²) in [7, 11) is 0. The highest BCUT2D eigenvalue weighted by molar-refractivity contribution is 6.31. The van der Waals surface area contributed by atoms with Crippen molar-refractivity contribution in [3.63, 3.8) is 0 Å². The largest absolute Gasteiger partial charge is 0.399 e. The molecule has 0 bridgehead atoms. The van der Waals surface area contributed by atoms with Crippen molar-refractivity contribution in [2.75, 3.05) is 5.73 Å². The predicted octanol–water partition coefficient (Wildman–Crippen LogP) is 3.87. The molecule has 0 aliphatic carbocycles. The molecule has 0 heterocycles. The molecule has 0 unspecified atom stereocenters. The van der Waals surface area contributed by atoms with Crippen LogP contribution in [0, 0.1) is 5.41 Å². The SMILES string of the molecule is CC(C)(C)CC(C)(C)NC(=O)c1cc(N)cc(Cl)c1. The number of amides is 1. The Kier molecular flexibility index (Phi) is 4.51. The van der Waals surface area contributed by atoms with Gasteiger partial charge in [-0.15, -0.1) is 0 Å². The fraction of sp³-hybridized carbons (Fsp3) is 0.533. The lowest BCUT2D eigenvalue weighted by atomic mass is 9.81. The topological polar surface area (TPSA) is 55.1 Å². The molecule has 4 heteroatoms. The lowest BCUT2D eigenvalue weighted by Gasteiger charge is -2.33. The Morgan fingerprint density at radius 1 is 1.21 bits per heavy atom. The molecule has 0 saturated carbocycles. The fourth-order valence-electron chi connectivity index (χ4n) is 2.49. The second kappa shape index (κ2) is 5.41. The first-order chi connectivity index (χ1) is 8.48. The first-order valence-electron chi connectivity index (χ1n) is 6.37. The number of rotatable bonds is 3. The van der Waals surface area contributed by atoms with Gasteiger partial charge in [0.2, 0.25) is 0 Å². The van der Waals surface area contributed by atoms with E-state index in [0.717, 1.165) is 6.42 Å². The zero-order valence-corrected chi connectivity index (χ0v) is 13.1. The first-order valence-corrected chi connectivity index (χ1v) is 6.75. The molecule has 0 spiro atoms. The number of halogens is 1. The Morgan fingerprint density at radius 2 is 1.79 bits per heavy atom. The highest BCUT2D eigenvalue weighted by Gasteiger charge is 2.27. The molecule has 0 atom stereocenters. The van der Waals surface area contributed by atoms with Gasteiger partial charge < -0.3 is 11.1 Å². The van der Waals surface area contributed by atoms with Gasteiger partial charge in [0, 0.05) is 21.8 Å². The van der Waals surface area contributed by atoms with Gasteiger partial charge in [0.05, 0.1) is 0 Å². The zero-order valence-electron chi connectivity index (χ0n) is 12.3. The van der Waals surface area contributed by atoms with Crippen molar-refractivity contribution in [1.82, 2.24) is 5.32 Å². The zero-order chi connectivity index (χ0) is 14.8. The van der Waals surface area contributed by atoms with Crippen LogP contribution in [-0.4, -0.2) is 11.4 Å². The minimum Gasteiger partial charge on any atom is -0.399 e. The standard InChI is InChI=1S/C15H23ClN2O/c1-14(2,3)9-15(4,5)18-13(19)10-6-11(16)8-12(17)7-10/h6-8H,9,17H2,1-5H3,(H,18,19). The minimum atomic E-state index is -0.285. The molecule has 0 aliphatic rings. The van der Waals surface area contributed by atoms with E-state index in [-0.39, 0.29) is 16.9 Å². The summed E-state index contributed by atoms with van der Waals surface area (Å²) in [6, 6.07) is 4.88. The van der Waals surface area contributed by atoms with Crippen molar-refractivity contribution in [3.05, 3.63) is 28.8 Å². The van der Waals surface area contributed by atoms with E-state index in [0.29, 0.717) is 16.3 Å². The van der Waals surface area contributed by atoms with E-state index in [9.17, 15) is 4.79 Å². The first kappa shape index (κ1) is 15.8. The number of benzene rings is 1. The van der Waals surface area contributed by atoms with Crippen molar-refractivity contribution < 1.29 is 4.79 Å². The quantitative estimate of drug-likeness (QED) is 0.827. The summed E-state index contributed by atoms with van der Waals surface area (Å²) < 4.78 is 0. The molecule has 0 fully saturated rings. The highest BCUT2D eigenvalue weighted by atomic mass is 35.5. The summed E-state index contributed by atoms with van der Waals surface area (Å²) in [6.07, 6.45) is 0.877. The minimum absolute atomic E-state index is 0.143. The van der Waals surface area contributed by atoms with Crippen LogP contribution in [0.5, 0.6) is 0 Å². The monoisotopic (exact) mass is 282 g/mol. The maximum atomic E-state index is 12.2. The van der Waals surface area contributed by atoms with E-state index >= 15 is 0 Å². The van der Waals surface area contributed by atoms with Crippen LogP contribution in [0.15, 0.2) is 18.2 Å². The van der Waals surface area contributed by atoms with E-state index in [1.54, 1.807) is 18.2 Å². The van der Waals surface area contributed by atoms with Crippen LogP contribution in [0.25, 0.3) is 0 Å². The molecule has 1 amide bonds. The van der Waals surface area contributed by atoms with Gasteiger partial charge in [-0.25, -0.2) is 0 Å². The molecular weight excluding hydrogens is 260 g/mol. The molecule has 1 rings (SSSR count). The van der Waals surface area contributed by atoms with Gasteiger partial charge in [0.25, 0.3) is 5.91 Å². The maximum Gasteiger partial charge on any atom is 0.251 e. The number of hydrogen-bond donors (Lipinski definition) is 2. The molecule has 1 aromatic carbocycles. The average Bonchev–Trinajstić information content (AvgIpc) is 2.10. The lowest BCUT2D eigenvalue weighted by molar-refractivity contribution is 0.0891. The number of hydrogen-bond acceptors (Lipinski definition) is 2. The molecule has 19 heavy (non-hydrogen) atoms.